The third-order valence-corrected chi connectivity index (χ3v) is 5.52. The van der Waals surface area contributed by atoms with Gasteiger partial charge >= 0.3 is 17.2 Å². The Labute approximate surface area is 181 Å². The van der Waals surface area contributed by atoms with Crippen molar-refractivity contribution in [3.63, 3.8) is 0 Å². The molecule has 1 N–H and O–H groups in total. The number of carbonyl (C=O) groups is 2. The standard InChI is InChI=1S/C23H16N2O5S/c26-22-20-13-19(8-4-7-16-5-2-1-3-6-16)24-14-21(20)30-31(29)25(22)15-17-9-11-18(12-10-17)23(27)28/h1-3,5-6,9-14H,7,15H2,(H,27,28). The van der Waals surface area contributed by atoms with E-state index in [2.05, 4.69) is 16.8 Å². The molecule has 0 bridgehead atoms. The molecule has 0 saturated carbocycles. The molecule has 7 nitrogen and oxygen atoms in total. The van der Waals surface area contributed by atoms with Crippen molar-refractivity contribution in [3.8, 4) is 17.6 Å². The number of carbonyl (C=O) groups excluding carboxylic acids is 1. The summed E-state index contributed by atoms with van der Waals surface area (Å²) in [7, 11) is 0. The topological polar surface area (TPSA) is 96.8 Å². The van der Waals surface area contributed by atoms with Gasteiger partial charge in [0.15, 0.2) is 5.75 Å². The summed E-state index contributed by atoms with van der Waals surface area (Å²) in [5.74, 6) is 4.58. The third kappa shape index (κ3) is 4.63. The van der Waals surface area contributed by atoms with E-state index >= 15 is 0 Å². The molecule has 0 saturated heterocycles. The summed E-state index contributed by atoms with van der Waals surface area (Å²) in [5.41, 5.74) is 2.45. The molecular weight excluding hydrogens is 416 g/mol. The van der Waals surface area contributed by atoms with E-state index in [0.717, 1.165) is 9.87 Å². The van der Waals surface area contributed by atoms with Gasteiger partial charge in [-0.25, -0.2) is 14.1 Å². The molecular formula is C23H16N2O5S. The van der Waals surface area contributed by atoms with Crippen molar-refractivity contribution in [3.05, 3.63) is 94.8 Å². The van der Waals surface area contributed by atoms with Gasteiger partial charge in [-0.15, -0.1) is 0 Å². The van der Waals surface area contributed by atoms with Gasteiger partial charge in [0, 0.05) is 6.42 Å². The van der Waals surface area contributed by atoms with Crippen molar-refractivity contribution >= 4 is 23.1 Å². The molecule has 1 aliphatic rings. The fraction of sp³-hybridized carbons (Fsp3) is 0.0870. The number of hydrogen-bond acceptors (Lipinski definition) is 5. The first-order valence-electron chi connectivity index (χ1n) is 9.28. The SMILES string of the molecule is O=C(O)c1ccc(CN2C(=O)c3cc(C#CCc4ccccc4)ncc3OS2=O)cc1. The molecule has 1 aromatic heterocycles. The van der Waals surface area contributed by atoms with Crippen molar-refractivity contribution in [1.82, 2.24) is 9.29 Å². The molecule has 4 rings (SSSR count). The molecule has 0 radical (unpaired) electrons. The fourth-order valence-corrected chi connectivity index (χ4v) is 3.81. The van der Waals surface area contributed by atoms with Crippen LogP contribution in [-0.2, 0) is 24.2 Å². The number of aromatic nitrogens is 1. The van der Waals surface area contributed by atoms with Crippen LogP contribution in [0.4, 0.5) is 0 Å². The molecule has 1 unspecified atom stereocenters. The van der Waals surface area contributed by atoms with Gasteiger partial charge in [0.1, 0.15) is 5.69 Å². The van der Waals surface area contributed by atoms with Crippen molar-refractivity contribution in [2.24, 2.45) is 0 Å². The van der Waals surface area contributed by atoms with Crippen molar-refractivity contribution in [2.75, 3.05) is 0 Å². The zero-order valence-corrected chi connectivity index (χ0v) is 17.0. The summed E-state index contributed by atoms with van der Waals surface area (Å²) in [6, 6.07) is 17.3. The number of aromatic carboxylic acids is 1. The first kappa shape index (κ1) is 20.3. The minimum Gasteiger partial charge on any atom is -0.478 e. The highest BCUT2D eigenvalue weighted by atomic mass is 32.2. The highest BCUT2D eigenvalue weighted by Gasteiger charge is 2.32. The van der Waals surface area contributed by atoms with Crippen molar-refractivity contribution in [1.29, 1.82) is 0 Å². The normalized spacial score (nSPS) is 14.8. The van der Waals surface area contributed by atoms with E-state index in [0.29, 0.717) is 17.7 Å². The maximum atomic E-state index is 12.9. The number of fused-ring (bicyclic) bond motifs is 1. The summed E-state index contributed by atoms with van der Waals surface area (Å²) in [5, 5.41) is 8.99. The van der Waals surface area contributed by atoms with Gasteiger partial charge in [0.05, 0.1) is 23.9 Å². The Balaban J connectivity index is 1.53. The Kier molecular flexibility index (Phi) is 5.78. The third-order valence-electron chi connectivity index (χ3n) is 4.54. The summed E-state index contributed by atoms with van der Waals surface area (Å²) in [6.07, 6.45) is 1.89. The maximum absolute atomic E-state index is 12.9. The van der Waals surface area contributed by atoms with Gasteiger partial charge in [-0.05, 0) is 35.2 Å². The van der Waals surface area contributed by atoms with Crippen molar-refractivity contribution < 1.29 is 23.1 Å². The zero-order valence-electron chi connectivity index (χ0n) is 16.1. The fourth-order valence-electron chi connectivity index (χ4n) is 2.94. The number of carboxylic acid groups (broad SMARTS) is 1. The van der Waals surface area contributed by atoms with Crippen LogP contribution in [0.5, 0.6) is 5.75 Å². The zero-order chi connectivity index (χ0) is 21.8. The molecule has 0 spiro atoms. The second-order valence-corrected chi connectivity index (χ2v) is 7.72. The van der Waals surface area contributed by atoms with E-state index in [1.165, 1.54) is 24.4 Å². The lowest BCUT2D eigenvalue weighted by molar-refractivity contribution is 0.0696. The minimum atomic E-state index is -2.03. The van der Waals surface area contributed by atoms with Crippen LogP contribution < -0.4 is 4.18 Å². The monoisotopic (exact) mass is 432 g/mol. The van der Waals surface area contributed by atoms with Crippen LogP contribution in [0.2, 0.25) is 0 Å². The first-order chi connectivity index (χ1) is 15.0. The van der Waals surface area contributed by atoms with Crippen molar-refractivity contribution in [2.45, 2.75) is 13.0 Å². The van der Waals surface area contributed by atoms with Crippen LogP contribution >= 0.6 is 0 Å². The minimum absolute atomic E-state index is 0.00211. The average Bonchev–Trinajstić information content (AvgIpc) is 2.78. The largest absolute Gasteiger partial charge is 0.478 e. The second kappa shape index (κ2) is 8.81. The van der Waals surface area contributed by atoms with Crippen LogP contribution in [-0.4, -0.2) is 30.5 Å². The summed E-state index contributed by atoms with van der Waals surface area (Å²) >= 11 is -2.03. The van der Waals surface area contributed by atoms with Gasteiger partial charge < -0.3 is 9.29 Å². The Morgan fingerprint density at radius 2 is 1.84 bits per heavy atom. The molecule has 2 heterocycles. The van der Waals surface area contributed by atoms with E-state index in [9.17, 15) is 13.8 Å². The lowest BCUT2D eigenvalue weighted by Crippen LogP contribution is -2.38. The Morgan fingerprint density at radius 1 is 1.10 bits per heavy atom. The molecule has 1 amide bonds. The molecule has 154 valence electrons. The summed E-state index contributed by atoms with van der Waals surface area (Å²) < 4.78 is 18.8. The highest BCUT2D eigenvalue weighted by Crippen LogP contribution is 2.28. The highest BCUT2D eigenvalue weighted by molar-refractivity contribution is 7.78. The number of carboxylic acids is 1. The van der Waals surface area contributed by atoms with Crippen LogP contribution in [0, 0.1) is 11.8 Å². The van der Waals surface area contributed by atoms with Gasteiger partial charge in [-0.2, -0.15) is 4.21 Å². The van der Waals surface area contributed by atoms with Crippen LogP contribution in [0.3, 0.4) is 0 Å². The van der Waals surface area contributed by atoms with Crippen LogP contribution in [0.25, 0.3) is 0 Å². The Hall–Kier alpha value is -3.96. The maximum Gasteiger partial charge on any atom is 0.335 e. The van der Waals surface area contributed by atoms with Gasteiger partial charge in [0.2, 0.25) is 0 Å². The van der Waals surface area contributed by atoms with E-state index in [-0.39, 0.29) is 23.4 Å². The van der Waals surface area contributed by atoms with Gasteiger partial charge in [-0.3, -0.25) is 4.79 Å². The molecule has 1 aliphatic heterocycles. The Morgan fingerprint density at radius 3 is 2.55 bits per heavy atom. The molecule has 3 aromatic rings. The molecule has 8 heteroatoms. The lowest BCUT2D eigenvalue weighted by Gasteiger charge is -2.26. The number of amides is 1. The smallest absolute Gasteiger partial charge is 0.335 e. The van der Waals surface area contributed by atoms with E-state index < -0.39 is 23.1 Å². The molecule has 31 heavy (non-hydrogen) atoms. The quantitative estimate of drug-likeness (QED) is 0.637. The van der Waals surface area contributed by atoms with Crippen LogP contribution in [0.15, 0.2) is 66.9 Å². The van der Waals surface area contributed by atoms with E-state index in [1.807, 2.05) is 30.3 Å². The molecule has 2 aromatic carbocycles. The predicted molar refractivity (Wildman–Crippen MR) is 113 cm³/mol. The number of pyridine rings is 1. The van der Waals surface area contributed by atoms with E-state index in [1.54, 1.807) is 12.1 Å². The summed E-state index contributed by atoms with van der Waals surface area (Å²) in [4.78, 5) is 28.1. The molecule has 0 aliphatic carbocycles. The average molecular weight is 432 g/mol. The number of rotatable bonds is 4. The number of hydrogen-bond donors (Lipinski definition) is 1. The second-order valence-electron chi connectivity index (χ2n) is 6.67. The summed E-state index contributed by atoms with van der Waals surface area (Å²) in [6.45, 7) is 0.00211. The first-order valence-corrected chi connectivity index (χ1v) is 10.3. The lowest BCUT2D eigenvalue weighted by atomic mass is 10.1. The van der Waals surface area contributed by atoms with Gasteiger partial charge in [0.25, 0.3) is 5.91 Å². The number of benzene rings is 2. The van der Waals surface area contributed by atoms with E-state index in [4.69, 9.17) is 9.29 Å². The van der Waals surface area contributed by atoms with Crippen LogP contribution in [0.1, 0.15) is 37.5 Å². The molecule has 1 atom stereocenters. The molecule has 0 fully saturated rings. The van der Waals surface area contributed by atoms with Gasteiger partial charge in [-0.1, -0.05) is 48.4 Å². The predicted octanol–water partition coefficient (Wildman–Crippen LogP) is 2.99. The number of nitrogens with zero attached hydrogens (tertiary/aromatic N) is 2. The Bertz CT molecular complexity index is 1230.